The van der Waals surface area contributed by atoms with Gasteiger partial charge in [0.1, 0.15) is 0 Å². The second-order valence-corrected chi connectivity index (χ2v) is 10.4. The molecule has 0 radical (unpaired) electrons. The van der Waals surface area contributed by atoms with Gasteiger partial charge in [0.15, 0.2) is 0 Å². The smallest absolute Gasteiger partial charge is 0.0743 e. The van der Waals surface area contributed by atoms with Crippen molar-refractivity contribution < 1.29 is 0 Å². The fraction of sp³-hybridized carbons (Fsp3) is 0.516. The highest BCUT2D eigenvalue weighted by Gasteiger charge is 2.31. The summed E-state index contributed by atoms with van der Waals surface area (Å²) in [5, 5.41) is 2.42. The van der Waals surface area contributed by atoms with Crippen LogP contribution in [-0.2, 0) is 0 Å². The monoisotopic (exact) mass is 455 g/mol. The standard InChI is InChI=1S/C31H37NS/c1-3-4-24-6-11-27(12-7-24)29-15-17-30(18-16-29)28-13-8-25(9-14-28)5-10-26-19-20-31(32-22-33)21-23(26)2/h8-9,13-14,19-21,24,27,29-30H,3-4,6-7,11-12,15-18H2,1-2H3. The summed E-state index contributed by atoms with van der Waals surface area (Å²) in [4.78, 5) is 4.04. The van der Waals surface area contributed by atoms with Gasteiger partial charge >= 0.3 is 0 Å². The molecule has 172 valence electrons. The fourth-order valence-electron chi connectivity index (χ4n) is 6.17. The molecule has 4 rings (SSSR count). The highest BCUT2D eigenvalue weighted by Crippen LogP contribution is 2.44. The predicted octanol–water partition coefficient (Wildman–Crippen LogP) is 9.01. The Kier molecular flexibility index (Phi) is 8.55. The van der Waals surface area contributed by atoms with Gasteiger partial charge in [0.2, 0.25) is 0 Å². The Labute approximate surface area is 206 Å². The largest absolute Gasteiger partial charge is 0.195 e. The van der Waals surface area contributed by atoms with Crippen molar-refractivity contribution in [3.8, 4) is 11.8 Å². The Bertz CT molecular complexity index is 1020. The average Bonchev–Trinajstić information content (AvgIpc) is 2.85. The summed E-state index contributed by atoms with van der Waals surface area (Å²) in [6.07, 6.45) is 14.4. The first-order valence-electron chi connectivity index (χ1n) is 13.0. The number of hydrogen-bond acceptors (Lipinski definition) is 2. The van der Waals surface area contributed by atoms with Crippen molar-refractivity contribution in [2.75, 3.05) is 0 Å². The van der Waals surface area contributed by atoms with Crippen LogP contribution < -0.4 is 0 Å². The zero-order valence-corrected chi connectivity index (χ0v) is 21.1. The van der Waals surface area contributed by atoms with E-state index in [0.717, 1.165) is 46.0 Å². The number of hydrogen-bond donors (Lipinski definition) is 0. The molecule has 0 aromatic heterocycles. The third kappa shape index (κ3) is 6.44. The lowest BCUT2D eigenvalue weighted by Crippen LogP contribution is -2.25. The number of aryl methyl sites for hydroxylation is 1. The van der Waals surface area contributed by atoms with Crippen molar-refractivity contribution in [1.29, 1.82) is 0 Å². The zero-order valence-electron chi connectivity index (χ0n) is 20.3. The molecule has 2 aliphatic carbocycles. The first kappa shape index (κ1) is 23.9. The summed E-state index contributed by atoms with van der Waals surface area (Å²) in [6, 6.07) is 15.0. The zero-order chi connectivity index (χ0) is 23.0. The Morgan fingerprint density at radius 3 is 2.12 bits per heavy atom. The lowest BCUT2D eigenvalue weighted by molar-refractivity contribution is 0.156. The first-order chi connectivity index (χ1) is 16.2. The lowest BCUT2D eigenvalue weighted by Gasteiger charge is -2.38. The van der Waals surface area contributed by atoms with Gasteiger partial charge in [0.25, 0.3) is 0 Å². The number of rotatable bonds is 5. The van der Waals surface area contributed by atoms with E-state index in [4.69, 9.17) is 0 Å². The van der Waals surface area contributed by atoms with Crippen LogP contribution in [0.2, 0.25) is 0 Å². The van der Waals surface area contributed by atoms with Gasteiger partial charge in [0.05, 0.1) is 10.8 Å². The number of thiocarbonyl (C=S) groups is 1. The van der Waals surface area contributed by atoms with Crippen molar-refractivity contribution in [3.05, 3.63) is 64.7 Å². The molecule has 0 spiro atoms. The number of isothiocyanates is 1. The van der Waals surface area contributed by atoms with E-state index in [0.29, 0.717) is 0 Å². The molecule has 0 atom stereocenters. The van der Waals surface area contributed by atoms with E-state index in [1.807, 2.05) is 18.2 Å². The molecular formula is C31H37NS. The van der Waals surface area contributed by atoms with E-state index in [-0.39, 0.29) is 0 Å². The number of benzene rings is 2. The van der Waals surface area contributed by atoms with E-state index in [2.05, 4.69) is 72.3 Å². The van der Waals surface area contributed by atoms with Crippen LogP contribution in [0.4, 0.5) is 5.69 Å². The molecule has 0 amide bonds. The molecule has 0 heterocycles. The lowest BCUT2D eigenvalue weighted by atomic mass is 9.68. The van der Waals surface area contributed by atoms with Crippen molar-refractivity contribution in [3.63, 3.8) is 0 Å². The van der Waals surface area contributed by atoms with Crippen LogP contribution in [0.5, 0.6) is 0 Å². The first-order valence-corrected chi connectivity index (χ1v) is 13.4. The van der Waals surface area contributed by atoms with Crippen LogP contribution in [0.1, 0.15) is 99.3 Å². The van der Waals surface area contributed by atoms with Crippen LogP contribution in [0.25, 0.3) is 0 Å². The van der Waals surface area contributed by atoms with Gasteiger partial charge in [-0.3, -0.25) is 0 Å². The second-order valence-electron chi connectivity index (χ2n) is 10.3. The second kappa shape index (κ2) is 11.8. The molecule has 1 nitrogen and oxygen atoms in total. The van der Waals surface area contributed by atoms with Gasteiger partial charge < -0.3 is 0 Å². The maximum absolute atomic E-state index is 4.69. The van der Waals surface area contributed by atoms with Crippen molar-refractivity contribution >= 4 is 23.1 Å². The van der Waals surface area contributed by atoms with Gasteiger partial charge in [-0.05, 0) is 123 Å². The molecule has 0 N–H and O–H groups in total. The summed E-state index contributed by atoms with van der Waals surface area (Å²) in [5.74, 6) is 10.4. The molecule has 2 fully saturated rings. The normalized spacial score (nSPS) is 24.9. The quantitative estimate of drug-likeness (QED) is 0.249. The SMILES string of the molecule is CCCC1CCC(C2CCC(c3ccc(C#Cc4ccc(N=C=S)cc4C)cc3)CC2)CC1. The van der Waals surface area contributed by atoms with Crippen molar-refractivity contribution in [2.45, 2.75) is 84.0 Å². The van der Waals surface area contributed by atoms with E-state index in [1.165, 1.54) is 69.8 Å². The van der Waals surface area contributed by atoms with Crippen LogP contribution in [0, 0.1) is 36.5 Å². The van der Waals surface area contributed by atoms with E-state index >= 15 is 0 Å². The van der Waals surface area contributed by atoms with Gasteiger partial charge in [-0.1, -0.05) is 56.6 Å². The van der Waals surface area contributed by atoms with E-state index in [1.54, 1.807) is 0 Å². The number of aliphatic imine (C=N–C) groups is 1. The molecule has 0 aliphatic heterocycles. The fourth-order valence-corrected chi connectivity index (χ4v) is 6.27. The van der Waals surface area contributed by atoms with Crippen LogP contribution in [-0.4, -0.2) is 5.16 Å². The van der Waals surface area contributed by atoms with Crippen LogP contribution in [0.3, 0.4) is 0 Å². The molecular weight excluding hydrogens is 418 g/mol. The molecule has 2 aliphatic rings. The summed E-state index contributed by atoms with van der Waals surface area (Å²) in [5.41, 5.74) is 5.56. The minimum absolute atomic E-state index is 0.733. The van der Waals surface area contributed by atoms with Crippen molar-refractivity contribution in [1.82, 2.24) is 0 Å². The molecule has 2 heteroatoms. The van der Waals surface area contributed by atoms with Crippen LogP contribution in [0.15, 0.2) is 47.5 Å². The third-order valence-electron chi connectivity index (χ3n) is 8.14. The number of nitrogens with zero attached hydrogens (tertiary/aromatic N) is 1. The van der Waals surface area contributed by atoms with E-state index in [9.17, 15) is 0 Å². The Morgan fingerprint density at radius 1 is 0.848 bits per heavy atom. The van der Waals surface area contributed by atoms with Crippen molar-refractivity contribution in [2.24, 2.45) is 22.7 Å². The summed E-state index contributed by atoms with van der Waals surface area (Å²) in [6.45, 7) is 4.40. The highest BCUT2D eigenvalue weighted by molar-refractivity contribution is 7.78. The van der Waals surface area contributed by atoms with Gasteiger partial charge in [-0.2, -0.15) is 4.99 Å². The molecule has 2 aromatic carbocycles. The minimum atomic E-state index is 0.733. The summed E-state index contributed by atoms with van der Waals surface area (Å²) in [7, 11) is 0. The highest BCUT2D eigenvalue weighted by atomic mass is 32.1. The molecule has 0 bridgehead atoms. The Hall–Kier alpha value is -2.20. The molecule has 0 unspecified atom stereocenters. The Morgan fingerprint density at radius 2 is 1.52 bits per heavy atom. The molecule has 0 saturated heterocycles. The molecule has 2 saturated carbocycles. The predicted molar refractivity (Wildman–Crippen MR) is 143 cm³/mol. The topological polar surface area (TPSA) is 12.4 Å². The van der Waals surface area contributed by atoms with Crippen LogP contribution >= 0.6 is 12.2 Å². The van der Waals surface area contributed by atoms with Gasteiger partial charge in [-0.25, -0.2) is 0 Å². The molecule has 33 heavy (non-hydrogen) atoms. The van der Waals surface area contributed by atoms with Gasteiger partial charge in [-0.15, -0.1) is 0 Å². The summed E-state index contributed by atoms with van der Waals surface area (Å²) < 4.78 is 0. The van der Waals surface area contributed by atoms with E-state index < -0.39 is 0 Å². The average molecular weight is 456 g/mol. The Balaban J connectivity index is 1.30. The third-order valence-corrected chi connectivity index (χ3v) is 8.23. The van der Waals surface area contributed by atoms with Gasteiger partial charge in [0, 0.05) is 11.1 Å². The molecule has 2 aromatic rings. The maximum Gasteiger partial charge on any atom is 0.0743 e. The summed E-state index contributed by atoms with van der Waals surface area (Å²) >= 11 is 4.69. The minimum Gasteiger partial charge on any atom is -0.195 e. The maximum atomic E-state index is 4.69.